The lowest BCUT2D eigenvalue weighted by Gasteiger charge is -2.27. The Labute approximate surface area is 128 Å². The molecule has 2 saturated carbocycles. The highest BCUT2D eigenvalue weighted by Gasteiger charge is 2.32. The molecule has 0 unspecified atom stereocenters. The molecule has 0 saturated heterocycles. The van der Waals surface area contributed by atoms with Gasteiger partial charge in [0.25, 0.3) is 0 Å². The van der Waals surface area contributed by atoms with Crippen molar-refractivity contribution in [3.8, 4) is 0 Å². The van der Waals surface area contributed by atoms with E-state index in [4.69, 9.17) is 0 Å². The van der Waals surface area contributed by atoms with Crippen molar-refractivity contribution in [1.29, 1.82) is 0 Å². The lowest BCUT2D eigenvalue weighted by Crippen LogP contribution is -2.43. The zero-order valence-electron chi connectivity index (χ0n) is 12.9. The normalized spacial score (nSPS) is 23.4. The van der Waals surface area contributed by atoms with Crippen LogP contribution in [0.25, 0.3) is 0 Å². The molecule has 0 radical (unpaired) electrons. The fourth-order valence-corrected chi connectivity index (χ4v) is 4.52. The van der Waals surface area contributed by atoms with Crippen molar-refractivity contribution >= 4 is 17.7 Å². The van der Waals surface area contributed by atoms with Gasteiger partial charge in [0, 0.05) is 17.3 Å². The molecule has 2 aliphatic rings. The molecule has 0 bridgehead atoms. The number of rotatable bonds is 6. The van der Waals surface area contributed by atoms with Crippen molar-refractivity contribution in [2.24, 2.45) is 0 Å². The zero-order valence-corrected chi connectivity index (χ0v) is 13.7. The first-order valence-corrected chi connectivity index (χ1v) is 9.52. The number of hydrogen-bond donors (Lipinski definition) is 2. The fraction of sp³-hybridized carbons (Fsp3) is 0.938. The van der Waals surface area contributed by atoms with E-state index in [1.165, 1.54) is 64.2 Å². The Kier molecular flexibility index (Phi) is 6.69. The molecule has 3 nitrogen and oxygen atoms in total. The third-order valence-corrected chi connectivity index (χ3v) is 6.32. The van der Waals surface area contributed by atoms with Crippen LogP contribution in [0.1, 0.15) is 64.2 Å². The molecule has 1 amide bonds. The van der Waals surface area contributed by atoms with E-state index in [0.717, 1.165) is 6.54 Å². The van der Waals surface area contributed by atoms with Gasteiger partial charge in [-0.05, 0) is 31.9 Å². The van der Waals surface area contributed by atoms with Gasteiger partial charge in [0.2, 0.25) is 5.91 Å². The molecule has 0 aromatic heterocycles. The van der Waals surface area contributed by atoms with Crippen molar-refractivity contribution in [2.75, 3.05) is 19.3 Å². The molecule has 0 aliphatic heterocycles. The topological polar surface area (TPSA) is 41.1 Å². The number of amides is 1. The van der Waals surface area contributed by atoms with Gasteiger partial charge in [0.1, 0.15) is 0 Å². The molecule has 2 N–H and O–H groups in total. The van der Waals surface area contributed by atoms with Crippen LogP contribution in [0.3, 0.4) is 0 Å². The highest BCUT2D eigenvalue weighted by molar-refractivity contribution is 8.00. The molecule has 2 fully saturated rings. The first-order chi connectivity index (χ1) is 9.74. The summed E-state index contributed by atoms with van der Waals surface area (Å²) >= 11 is 1.98. The summed E-state index contributed by atoms with van der Waals surface area (Å²) in [5, 5.41) is 6.60. The van der Waals surface area contributed by atoms with Crippen LogP contribution in [-0.2, 0) is 4.79 Å². The minimum Gasteiger partial charge on any atom is -0.352 e. The molecule has 0 spiro atoms. The minimum atomic E-state index is 0.186. The van der Waals surface area contributed by atoms with Gasteiger partial charge in [-0.25, -0.2) is 0 Å². The van der Waals surface area contributed by atoms with E-state index in [1.807, 2.05) is 11.8 Å². The summed E-state index contributed by atoms with van der Waals surface area (Å²) < 4.78 is 0.391. The molecule has 20 heavy (non-hydrogen) atoms. The second kappa shape index (κ2) is 8.28. The quantitative estimate of drug-likeness (QED) is 0.740. The number of nitrogens with one attached hydrogen (secondary N) is 2. The maximum atomic E-state index is 12.0. The first kappa shape index (κ1) is 16.2. The van der Waals surface area contributed by atoms with Gasteiger partial charge in [0.15, 0.2) is 0 Å². The van der Waals surface area contributed by atoms with Crippen LogP contribution in [0.5, 0.6) is 0 Å². The third-order valence-electron chi connectivity index (χ3n) is 4.90. The minimum absolute atomic E-state index is 0.186. The van der Waals surface area contributed by atoms with Crippen LogP contribution in [0.4, 0.5) is 0 Å². The fourth-order valence-electron chi connectivity index (χ4n) is 3.58. The Morgan fingerprint density at radius 3 is 2.35 bits per heavy atom. The molecule has 0 atom stereocenters. The Balaban J connectivity index is 1.64. The van der Waals surface area contributed by atoms with Gasteiger partial charge in [-0.1, -0.05) is 38.5 Å². The van der Waals surface area contributed by atoms with Crippen molar-refractivity contribution in [3.63, 3.8) is 0 Å². The predicted octanol–water partition coefficient (Wildman–Crippen LogP) is 3.09. The molecule has 2 rings (SSSR count). The van der Waals surface area contributed by atoms with E-state index in [1.54, 1.807) is 0 Å². The van der Waals surface area contributed by atoms with Crippen molar-refractivity contribution < 1.29 is 4.79 Å². The maximum absolute atomic E-state index is 12.0. The van der Waals surface area contributed by atoms with Gasteiger partial charge in [-0.15, -0.1) is 0 Å². The summed E-state index contributed by atoms with van der Waals surface area (Å²) in [6.07, 6.45) is 15.0. The van der Waals surface area contributed by atoms with Gasteiger partial charge in [-0.3, -0.25) is 4.79 Å². The number of carbonyl (C=O) groups is 1. The Morgan fingerprint density at radius 1 is 1.10 bits per heavy atom. The van der Waals surface area contributed by atoms with E-state index >= 15 is 0 Å². The summed E-state index contributed by atoms with van der Waals surface area (Å²) in [6.45, 7) is 1.46. The van der Waals surface area contributed by atoms with Crippen LogP contribution >= 0.6 is 11.8 Å². The average molecular weight is 298 g/mol. The molecule has 2 aliphatic carbocycles. The predicted molar refractivity (Wildman–Crippen MR) is 87.2 cm³/mol. The number of thioether (sulfide) groups is 1. The summed E-state index contributed by atoms with van der Waals surface area (Å²) in [7, 11) is 0. The monoisotopic (exact) mass is 298 g/mol. The van der Waals surface area contributed by atoms with Crippen molar-refractivity contribution in [1.82, 2.24) is 10.6 Å². The highest BCUT2D eigenvalue weighted by Crippen LogP contribution is 2.39. The van der Waals surface area contributed by atoms with Crippen molar-refractivity contribution in [2.45, 2.75) is 75.0 Å². The lowest BCUT2D eigenvalue weighted by molar-refractivity contribution is -0.121. The van der Waals surface area contributed by atoms with E-state index < -0.39 is 0 Å². The standard InChI is InChI=1S/C16H30N2OS/c1-20-16(10-6-7-11-16)13-17-12-15(19)18-14-8-4-2-3-5-9-14/h14,17H,2-13H2,1H3,(H,18,19). The molecular weight excluding hydrogens is 268 g/mol. The van der Waals surface area contributed by atoms with Crippen molar-refractivity contribution in [3.05, 3.63) is 0 Å². The largest absolute Gasteiger partial charge is 0.352 e. The van der Waals surface area contributed by atoms with Gasteiger partial charge in [0.05, 0.1) is 6.54 Å². The van der Waals surface area contributed by atoms with E-state index in [-0.39, 0.29) is 5.91 Å². The molecule has 0 heterocycles. The van der Waals surface area contributed by atoms with Crippen LogP contribution in [-0.4, -0.2) is 36.0 Å². The van der Waals surface area contributed by atoms with Crippen LogP contribution < -0.4 is 10.6 Å². The number of hydrogen-bond acceptors (Lipinski definition) is 3. The van der Waals surface area contributed by atoms with Gasteiger partial charge >= 0.3 is 0 Å². The summed E-state index contributed by atoms with van der Waals surface area (Å²) in [4.78, 5) is 12.0. The summed E-state index contributed by atoms with van der Waals surface area (Å²) in [5.74, 6) is 0.186. The third kappa shape index (κ3) is 4.96. The Hall–Kier alpha value is -0.220. The Bertz CT molecular complexity index is 295. The second-order valence-corrected chi connectivity index (χ2v) is 7.73. The van der Waals surface area contributed by atoms with Crippen LogP contribution in [0.2, 0.25) is 0 Å². The first-order valence-electron chi connectivity index (χ1n) is 8.29. The second-order valence-electron chi connectivity index (χ2n) is 6.45. The molecule has 0 aromatic carbocycles. The lowest BCUT2D eigenvalue weighted by atomic mass is 10.1. The van der Waals surface area contributed by atoms with Gasteiger partial charge < -0.3 is 10.6 Å². The van der Waals surface area contributed by atoms with Crippen LogP contribution in [0.15, 0.2) is 0 Å². The maximum Gasteiger partial charge on any atom is 0.234 e. The molecule has 0 aromatic rings. The Morgan fingerprint density at radius 2 is 1.75 bits per heavy atom. The molecular formula is C16H30N2OS. The van der Waals surface area contributed by atoms with E-state index in [2.05, 4.69) is 16.9 Å². The average Bonchev–Trinajstić information content (AvgIpc) is 2.77. The summed E-state index contributed by atoms with van der Waals surface area (Å²) in [5.41, 5.74) is 0. The molecule has 4 heteroatoms. The van der Waals surface area contributed by atoms with Crippen LogP contribution in [0, 0.1) is 0 Å². The zero-order chi connectivity index (χ0) is 14.3. The SMILES string of the molecule is CSC1(CNCC(=O)NC2CCCCCC2)CCCC1. The number of carbonyl (C=O) groups excluding carboxylic acids is 1. The van der Waals surface area contributed by atoms with Gasteiger partial charge in [-0.2, -0.15) is 11.8 Å². The van der Waals surface area contributed by atoms with E-state index in [9.17, 15) is 4.79 Å². The highest BCUT2D eigenvalue weighted by atomic mass is 32.2. The molecule has 116 valence electrons. The smallest absolute Gasteiger partial charge is 0.234 e. The van der Waals surface area contributed by atoms with E-state index in [0.29, 0.717) is 17.3 Å². The summed E-state index contributed by atoms with van der Waals surface area (Å²) in [6, 6.07) is 0.424.